The van der Waals surface area contributed by atoms with E-state index in [2.05, 4.69) is 6.92 Å². The Hall–Kier alpha value is 0.110. The third-order valence-electron chi connectivity index (χ3n) is 4.29. The minimum Gasteiger partial charge on any atom is -0.306 e. The first-order valence-electron chi connectivity index (χ1n) is 9.88. The fourth-order valence-corrected chi connectivity index (χ4v) is 3.27. The van der Waals surface area contributed by atoms with Gasteiger partial charge in [0.25, 0.3) is 0 Å². The highest BCUT2D eigenvalue weighted by Crippen LogP contribution is 2.26. The fourth-order valence-electron chi connectivity index (χ4n) is 2.86. The van der Waals surface area contributed by atoms with Crippen LogP contribution in [0.4, 0.5) is 0 Å². The van der Waals surface area contributed by atoms with E-state index >= 15 is 0 Å². The molecule has 0 aliphatic heterocycles. The van der Waals surface area contributed by atoms with Crippen molar-refractivity contribution in [3.05, 3.63) is 0 Å². The molecule has 0 aromatic heterocycles. The molecule has 0 aromatic rings. The highest BCUT2D eigenvalue weighted by atomic mass is 31.2. The number of unbranched alkanes of at least 4 members (excludes halogenated alkanes) is 15. The minimum atomic E-state index is -3.26. The van der Waals surface area contributed by atoms with Crippen LogP contribution in [0, 0.1) is 0 Å². The lowest BCUT2D eigenvalue weighted by atomic mass is 10.0. The van der Waals surface area contributed by atoms with Crippen LogP contribution in [-0.4, -0.2) is 6.61 Å². The molecule has 5 heteroatoms. The zero-order valence-corrected chi connectivity index (χ0v) is 16.3. The summed E-state index contributed by atoms with van der Waals surface area (Å²) < 4.78 is 15.8. The van der Waals surface area contributed by atoms with E-state index in [0.29, 0.717) is 6.61 Å². The lowest BCUT2D eigenvalue weighted by Crippen LogP contribution is -2.08. The third-order valence-corrected chi connectivity index (χ3v) is 4.88. The van der Waals surface area contributed by atoms with Gasteiger partial charge in [0.05, 0.1) is 6.61 Å². The Morgan fingerprint density at radius 1 is 0.609 bits per heavy atom. The normalized spacial score (nSPS) is 12.0. The van der Waals surface area contributed by atoms with E-state index < -0.39 is 7.67 Å². The van der Waals surface area contributed by atoms with Gasteiger partial charge in [0, 0.05) is 0 Å². The van der Waals surface area contributed by atoms with Crippen LogP contribution < -0.4 is 11.0 Å². The highest BCUT2D eigenvalue weighted by molar-refractivity contribution is 7.53. The van der Waals surface area contributed by atoms with Gasteiger partial charge in [-0.25, -0.2) is 11.0 Å². The Morgan fingerprint density at radius 3 is 1.22 bits per heavy atom. The zero-order chi connectivity index (χ0) is 17.2. The van der Waals surface area contributed by atoms with Gasteiger partial charge < -0.3 is 4.52 Å². The summed E-state index contributed by atoms with van der Waals surface area (Å²) in [5.74, 6) is 0. The van der Waals surface area contributed by atoms with Crippen molar-refractivity contribution in [3.63, 3.8) is 0 Å². The summed E-state index contributed by atoms with van der Waals surface area (Å²) in [6.45, 7) is 2.69. The predicted molar refractivity (Wildman–Crippen MR) is 101 cm³/mol. The first-order chi connectivity index (χ1) is 11.1. The molecule has 0 saturated carbocycles. The van der Waals surface area contributed by atoms with Crippen LogP contribution in [0.1, 0.15) is 110 Å². The Balaban J connectivity index is 3.01. The summed E-state index contributed by atoms with van der Waals surface area (Å²) in [6.07, 6.45) is 21.4. The molecule has 0 aliphatic carbocycles. The molecule has 140 valence electrons. The maximum Gasteiger partial charge on any atom is 0.335 e. The van der Waals surface area contributed by atoms with Crippen LogP contribution in [0.3, 0.4) is 0 Å². The maximum atomic E-state index is 10.9. The molecule has 0 fully saturated rings. The van der Waals surface area contributed by atoms with E-state index in [9.17, 15) is 4.57 Å². The van der Waals surface area contributed by atoms with Crippen LogP contribution >= 0.6 is 7.67 Å². The van der Waals surface area contributed by atoms with Crippen LogP contribution in [-0.2, 0) is 9.09 Å². The molecule has 0 aromatic carbocycles. The lowest BCUT2D eigenvalue weighted by molar-refractivity contribution is 0.302. The standard InChI is InChI=1S/C18H41N2O2P/c1-2-3-4-5-6-7-8-9-10-11-12-13-14-15-16-17-18-22-23(19,20)21/h2-18H2,1H3,(H4,19,20,21). The molecule has 0 heterocycles. The summed E-state index contributed by atoms with van der Waals surface area (Å²) in [5, 5.41) is 0. The minimum absolute atomic E-state index is 0.419. The van der Waals surface area contributed by atoms with Crippen LogP contribution in [0.2, 0.25) is 0 Å². The summed E-state index contributed by atoms with van der Waals surface area (Å²) in [4.78, 5) is 0. The quantitative estimate of drug-likeness (QED) is 0.225. The van der Waals surface area contributed by atoms with Crippen molar-refractivity contribution in [2.24, 2.45) is 11.0 Å². The lowest BCUT2D eigenvalue weighted by Gasteiger charge is -2.07. The Morgan fingerprint density at radius 2 is 0.913 bits per heavy atom. The Labute approximate surface area is 144 Å². The number of hydrogen-bond donors (Lipinski definition) is 2. The van der Waals surface area contributed by atoms with Crippen molar-refractivity contribution >= 4 is 7.67 Å². The van der Waals surface area contributed by atoms with Gasteiger partial charge in [0.1, 0.15) is 0 Å². The summed E-state index contributed by atoms with van der Waals surface area (Å²) in [5.41, 5.74) is 10.2. The molecule has 0 atom stereocenters. The number of nitrogens with two attached hydrogens (primary N) is 2. The van der Waals surface area contributed by atoms with E-state index in [-0.39, 0.29) is 0 Å². The van der Waals surface area contributed by atoms with Crippen molar-refractivity contribution in [1.29, 1.82) is 0 Å². The van der Waals surface area contributed by atoms with Crippen molar-refractivity contribution in [1.82, 2.24) is 0 Å². The third kappa shape index (κ3) is 22.1. The van der Waals surface area contributed by atoms with Gasteiger partial charge in [-0.1, -0.05) is 103 Å². The molecule has 0 saturated heterocycles. The van der Waals surface area contributed by atoms with Crippen LogP contribution in [0.5, 0.6) is 0 Å². The van der Waals surface area contributed by atoms with Gasteiger partial charge in [-0.15, -0.1) is 0 Å². The predicted octanol–water partition coefficient (Wildman–Crippen LogP) is 6.29. The molecule has 0 rings (SSSR count). The monoisotopic (exact) mass is 348 g/mol. The van der Waals surface area contributed by atoms with Gasteiger partial charge in [0.2, 0.25) is 0 Å². The van der Waals surface area contributed by atoms with E-state index in [1.807, 2.05) is 0 Å². The zero-order valence-electron chi connectivity index (χ0n) is 15.4. The molecule has 4 N–H and O–H groups in total. The topological polar surface area (TPSA) is 78.3 Å². The second-order valence-electron chi connectivity index (χ2n) is 6.78. The molecular weight excluding hydrogens is 307 g/mol. The molecule has 0 bridgehead atoms. The molecule has 23 heavy (non-hydrogen) atoms. The number of hydrogen-bond acceptors (Lipinski definition) is 2. The molecule has 0 unspecified atom stereocenters. The van der Waals surface area contributed by atoms with Crippen LogP contribution in [0.25, 0.3) is 0 Å². The number of rotatable bonds is 18. The first kappa shape index (κ1) is 23.1. The average Bonchev–Trinajstić information content (AvgIpc) is 2.49. The molecule has 0 spiro atoms. The first-order valence-corrected chi connectivity index (χ1v) is 11.6. The summed E-state index contributed by atoms with van der Waals surface area (Å²) in [7, 11) is -3.26. The van der Waals surface area contributed by atoms with Gasteiger partial charge in [-0.3, -0.25) is 4.57 Å². The van der Waals surface area contributed by atoms with E-state index in [4.69, 9.17) is 15.5 Å². The Bertz CT molecular complexity index is 282. The second-order valence-corrected chi connectivity index (χ2v) is 8.33. The molecular formula is C18H41N2O2P. The largest absolute Gasteiger partial charge is 0.335 e. The van der Waals surface area contributed by atoms with Gasteiger partial charge >= 0.3 is 7.67 Å². The van der Waals surface area contributed by atoms with E-state index in [1.54, 1.807) is 0 Å². The van der Waals surface area contributed by atoms with Crippen LogP contribution in [0.15, 0.2) is 0 Å². The molecule has 0 amide bonds. The molecule has 0 aliphatic rings. The van der Waals surface area contributed by atoms with Gasteiger partial charge in [-0.2, -0.15) is 0 Å². The molecule has 4 nitrogen and oxygen atoms in total. The summed E-state index contributed by atoms with van der Waals surface area (Å²) in [6, 6.07) is 0. The fraction of sp³-hybridized carbons (Fsp3) is 1.00. The average molecular weight is 349 g/mol. The molecule has 0 radical (unpaired) electrons. The van der Waals surface area contributed by atoms with Crippen molar-refractivity contribution in [3.8, 4) is 0 Å². The van der Waals surface area contributed by atoms with Crippen molar-refractivity contribution in [2.45, 2.75) is 110 Å². The van der Waals surface area contributed by atoms with Gasteiger partial charge in [-0.05, 0) is 6.42 Å². The second kappa shape index (κ2) is 17.0. The summed E-state index contributed by atoms with van der Waals surface area (Å²) >= 11 is 0. The highest BCUT2D eigenvalue weighted by Gasteiger charge is 2.06. The van der Waals surface area contributed by atoms with E-state index in [1.165, 1.54) is 89.9 Å². The smallest absolute Gasteiger partial charge is 0.306 e. The van der Waals surface area contributed by atoms with Crippen molar-refractivity contribution < 1.29 is 9.09 Å². The van der Waals surface area contributed by atoms with Gasteiger partial charge in [0.15, 0.2) is 0 Å². The Kier molecular flexibility index (Phi) is 17.0. The van der Waals surface area contributed by atoms with Crippen molar-refractivity contribution in [2.75, 3.05) is 6.61 Å². The maximum absolute atomic E-state index is 10.9. The van der Waals surface area contributed by atoms with E-state index in [0.717, 1.165) is 12.8 Å². The SMILES string of the molecule is CCCCCCCCCCCCCCCCCCOP(N)(N)=O.